The molecule has 0 atom stereocenters. The van der Waals surface area contributed by atoms with Gasteiger partial charge in [-0.1, -0.05) is 0 Å². The molecule has 0 saturated heterocycles. The van der Waals surface area contributed by atoms with E-state index in [0.29, 0.717) is 0 Å². The molecule has 0 aliphatic carbocycles. The van der Waals surface area contributed by atoms with Gasteiger partial charge in [-0.15, -0.1) is 0 Å². The maximum Gasteiger partial charge on any atom is 0.167 e. The first kappa shape index (κ1) is 8.06. The maximum atomic E-state index is 13.3. The summed E-state index contributed by atoms with van der Waals surface area (Å²) >= 11 is 0. The summed E-state index contributed by atoms with van der Waals surface area (Å²) in [5.41, 5.74) is -2.35. The Hall–Kier alpha value is -1.14. The normalized spacial score (nSPS) is 14.6. The summed E-state index contributed by atoms with van der Waals surface area (Å²) < 4.78 is 77.0. The molecule has 1 rings (SSSR count). The topological polar surface area (TPSA) is 29.5 Å². The molecule has 0 aromatic heterocycles. The Labute approximate surface area is 87.3 Å². The molecule has 0 spiro atoms. The monoisotopic (exact) mass is 227 g/mol. The summed E-state index contributed by atoms with van der Waals surface area (Å²) in [7, 11) is -2.96. The summed E-state index contributed by atoms with van der Waals surface area (Å²) in [6, 6.07) is 0. The first-order valence-electron chi connectivity index (χ1n) is 5.27. The zero-order valence-corrected chi connectivity index (χ0v) is 7.28. The number of rotatable bonds is 3. The molecule has 0 heterocycles. The van der Waals surface area contributed by atoms with Crippen molar-refractivity contribution in [2.24, 2.45) is 0 Å². The summed E-state index contributed by atoms with van der Waals surface area (Å²) in [5.74, 6) is -7.13. The third kappa shape index (κ3) is 1.95. The van der Waals surface area contributed by atoms with E-state index in [1.54, 1.807) is 0 Å². The third-order valence-corrected chi connectivity index (χ3v) is 1.82. The maximum absolute atomic E-state index is 13.3. The summed E-state index contributed by atoms with van der Waals surface area (Å²) in [4.78, 5) is 0. The van der Waals surface area contributed by atoms with E-state index in [2.05, 4.69) is 4.74 Å². The first-order chi connectivity index (χ1) is 8.19. The molecule has 0 fully saturated rings. The Morgan fingerprint density at radius 3 is 1.93 bits per heavy atom. The van der Waals surface area contributed by atoms with Gasteiger partial charge in [-0.05, 0) is 0 Å². The molecular weight excluding hydrogens is 216 g/mol. The van der Waals surface area contributed by atoms with E-state index in [0.717, 1.165) is 0 Å². The second-order valence-electron chi connectivity index (χ2n) is 2.66. The molecule has 0 aliphatic heterocycles. The molecule has 1 aromatic carbocycles. The van der Waals surface area contributed by atoms with Crippen LogP contribution in [0.5, 0.6) is 0 Å². The lowest BCUT2D eigenvalue weighted by Gasteiger charge is -2.09. The van der Waals surface area contributed by atoms with Crippen molar-refractivity contribution in [3.63, 3.8) is 0 Å². The van der Waals surface area contributed by atoms with E-state index in [1.807, 2.05) is 0 Å². The second kappa shape index (κ2) is 4.59. The lowest BCUT2D eigenvalue weighted by Crippen LogP contribution is -2.09. The average molecular weight is 227 g/mol. The molecule has 0 bridgehead atoms. The van der Waals surface area contributed by atoms with Crippen LogP contribution in [-0.4, -0.2) is 12.1 Å². The molecule has 0 radical (unpaired) electrons. The van der Waals surface area contributed by atoms with Crippen molar-refractivity contribution in [1.29, 1.82) is 0 Å². The fraction of sp³-hybridized carbons (Fsp3) is 0.333. The number of ether oxygens (including phenoxy) is 1. The number of methoxy groups -OCH3 is 1. The number of hydrogen-bond donors (Lipinski definition) is 1. The van der Waals surface area contributed by atoms with Crippen molar-refractivity contribution >= 4 is 0 Å². The molecule has 15 heavy (non-hydrogen) atoms. The summed E-state index contributed by atoms with van der Waals surface area (Å²) in [6.45, 7) is -2.39. The highest BCUT2D eigenvalue weighted by Gasteiger charge is 2.24. The molecule has 0 aliphatic rings. The number of aliphatic hydroxyl groups is 1. The van der Waals surface area contributed by atoms with Crippen LogP contribution in [-0.2, 0) is 18.0 Å². The van der Waals surface area contributed by atoms with Crippen molar-refractivity contribution in [3.8, 4) is 0 Å². The SMILES string of the molecule is [2H]C([2H])([2H])OCc1c(F)c(F)c(CO)c(F)c1F. The molecule has 1 N–H and O–H groups in total. The lowest BCUT2D eigenvalue weighted by atomic mass is 10.1. The minimum Gasteiger partial charge on any atom is -0.391 e. The second-order valence-corrected chi connectivity index (χ2v) is 2.66. The van der Waals surface area contributed by atoms with Gasteiger partial charge in [0.25, 0.3) is 0 Å². The fourth-order valence-corrected chi connectivity index (χ4v) is 1.06. The molecule has 6 heteroatoms. The largest absolute Gasteiger partial charge is 0.391 e. The Balaban J connectivity index is 3.21. The van der Waals surface area contributed by atoms with Crippen LogP contribution in [0.3, 0.4) is 0 Å². The molecular formula is C9H8F4O2. The van der Waals surface area contributed by atoms with Crippen molar-refractivity contribution in [3.05, 3.63) is 34.4 Å². The predicted octanol–water partition coefficient (Wildman–Crippen LogP) is 1.88. The van der Waals surface area contributed by atoms with E-state index >= 15 is 0 Å². The molecule has 84 valence electrons. The van der Waals surface area contributed by atoms with Crippen LogP contribution in [0.25, 0.3) is 0 Å². The number of halogens is 4. The highest BCUT2D eigenvalue weighted by Crippen LogP contribution is 2.24. The van der Waals surface area contributed by atoms with Crippen LogP contribution in [0.15, 0.2) is 0 Å². The van der Waals surface area contributed by atoms with Gasteiger partial charge in [0.15, 0.2) is 23.3 Å². The molecule has 0 amide bonds. The Morgan fingerprint density at radius 2 is 1.53 bits per heavy atom. The van der Waals surface area contributed by atoms with Crippen molar-refractivity contribution in [2.75, 3.05) is 7.04 Å². The van der Waals surface area contributed by atoms with Crippen molar-refractivity contribution in [2.45, 2.75) is 13.2 Å². The minimum absolute atomic E-state index is 1.16. The van der Waals surface area contributed by atoms with Crippen LogP contribution in [0, 0.1) is 23.3 Å². The molecule has 0 saturated carbocycles. The van der Waals surface area contributed by atoms with Gasteiger partial charge in [0.2, 0.25) is 0 Å². The van der Waals surface area contributed by atoms with E-state index in [9.17, 15) is 17.6 Å². The van der Waals surface area contributed by atoms with Gasteiger partial charge < -0.3 is 9.84 Å². The van der Waals surface area contributed by atoms with Gasteiger partial charge in [-0.3, -0.25) is 0 Å². The zero-order valence-electron chi connectivity index (χ0n) is 10.3. The van der Waals surface area contributed by atoms with Gasteiger partial charge in [0, 0.05) is 7.04 Å². The zero-order chi connectivity index (χ0) is 14.1. The first-order valence-corrected chi connectivity index (χ1v) is 3.77. The standard InChI is InChI=1S/C9H8F4O2/c1-15-3-5-8(12)6(10)4(2-14)7(11)9(5)13/h14H,2-3H2,1H3/i1D3. The van der Waals surface area contributed by atoms with Crippen LogP contribution >= 0.6 is 0 Å². The van der Waals surface area contributed by atoms with Gasteiger partial charge in [0.05, 0.1) is 28.5 Å². The molecule has 2 nitrogen and oxygen atoms in total. The number of hydrogen-bond acceptors (Lipinski definition) is 2. The summed E-state index contributed by atoms with van der Waals surface area (Å²) in [5, 5.41) is 8.56. The Kier molecular flexibility index (Phi) is 2.47. The van der Waals surface area contributed by atoms with E-state index in [1.165, 1.54) is 0 Å². The van der Waals surface area contributed by atoms with Gasteiger partial charge in [0.1, 0.15) is 0 Å². The van der Waals surface area contributed by atoms with Crippen molar-refractivity contribution < 1.29 is 31.5 Å². The number of benzene rings is 1. The van der Waals surface area contributed by atoms with Gasteiger partial charge in [-0.2, -0.15) is 0 Å². The lowest BCUT2D eigenvalue weighted by molar-refractivity contribution is 0.174. The van der Waals surface area contributed by atoms with E-state index in [-0.39, 0.29) is 0 Å². The van der Waals surface area contributed by atoms with Crippen LogP contribution in [0.2, 0.25) is 0 Å². The smallest absolute Gasteiger partial charge is 0.167 e. The van der Waals surface area contributed by atoms with Crippen LogP contribution in [0.4, 0.5) is 17.6 Å². The highest BCUT2D eigenvalue weighted by molar-refractivity contribution is 5.29. The number of aliphatic hydroxyl groups excluding tert-OH is 1. The fourth-order valence-electron chi connectivity index (χ4n) is 1.06. The quantitative estimate of drug-likeness (QED) is 0.631. The average Bonchev–Trinajstić information content (AvgIpc) is 2.26. The van der Waals surface area contributed by atoms with Crippen LogP contribution < -0.4 is 0 Å². The predicted molar refractivity (Wildman–Crippen MR) is 42.9 cm³/mol. The third-order valence-electron chi connectivity index (χ3n) is 1.82. The van der Waals surface area contributed by atoms with Gasteiger partial charge >= 0.3 is 0 Å². The van der Waals surface area contributed by atoms with Gasteiger partial charge in [-0.25, -0.2) is 17.6 Å². The Bertz CT molecular complexity index is 433. The van der Waals surface area contributed by atoms with Crippen LogP contribution in [0.1, 0.15) is 15.2 Å². The summed E-state index contributed by atoms with van der Waals surface area (Å²) in [6.07, 6.45) is 0. The highest BCUT2D eigenvalue weighted by atomic mass is 19.2. The molecule has 0 unspecified atom stereocenters. The van der Waals surface area contributed by atoms with E-state index in [4.69, 9.17) is 9.22 Å². The van der Waals surface area contributed by atoms with Crippen molar-refractivity contribution in [1.82, 2.24) is 0 Å². The Morgan fingerprint density at radius 1 is 1.07 bits per heavy atom. The van der Waals surface area contributed by atoms with E-state index < -0.39 is 54.6 Å². The molecule has 1 aromatic rings. The minimum atomic E-state index is -2.96.